The fourth-order valence-electron chi connectivity index (χ4n) is 3.35. The van der Waals surface area contributed by atoms with Crippen molar-refractivity contribution < 1.29 is 14.3 Å². The molecule has 0 fully saturated rings. The Labute approximate surface area is 168 Å². The third-order valence-electron chi connectivity index (χ3n) is 4.94. The first-order valence-corrected chi connectivity index (χ1v) is 9.32. The molecule has 0 spiro atoms. The molecule has 0 saturated heterocycles. The number of pyridine rings is 1. The van der Waals surface area contributed by atoms with E-state index in [9.17, 15) is 9.90 Å². The number of carbonyl (C=O) groups is 1. The van der Waals surface area contributed by atoms with Crippen LogP contribution in [-0.4, -0.2) is 35.9 Å². The molecule has 0 saturated carbocycles. The van der Waals surface area contributed by atoms with Crippen molar-refractivity contribution in [3.63, 3.8) is 0 Å². The summed E-state index contributed by atoms with van der Waals surface area (Å²) in [5.74, 6) is -0.676. The van der Waals surface area contributed by atoms with Crippen LogP contribution >= 0.6 is 0 Å². The highest BCUT2D eigenvalue weighted by Gasteiger charge is 2.21. The summed E-state index contributed by atoms with van der Waals surface area (Å²) in [4.78, 5) is 19.5. The van der Waals surface area contributed by atoms with E-state index in [0.29, 0.717) is 17.5 Å². The maximum atomic E-state index is 15.6. The van der Waals surface area contributed by atoms with E-state index in [0.717, 1.165) is 17.2 Å². The molecule has 0 aliphatic carbocycles. The summed E-state index contributed by atoms with van der Waals surface area (Å²) in [7, 11) is 1.83. The molecule has 1 heterocycles. The quantitative estimate of drug-likeness (QED) is 0.537. The Morgan fingerprint density at radius 2 is 2.10 bits per heavy atom. The molecule has 6 nitrogen and oxygen atoms in total. The number of likely N-dealkylation sites (N-methyl/N-ethyl adjacent to an activating group) is 1. The predicted molar refractivity (Wildman–Crippen MR) is 114 cm³/mol. The van der Waals surface area contributed by atoms with Crippen LogP contribution in [0.3, 0.4) is 0 Å². The molecule has 2 aromatic carbocycles. The van der Waals surface area contributed by atoms with Crippen LogP contribution in [0.4, 0.5) is 14.9 Å². The van der Waals surface area contributed by atoms with Crippen molar-refractivity contribution in [3.05, 3.63) is 54.0 Å². The summed E-state index contributed by atoms with van der Waals surface area (Å²) in [6.45, 7) is 5.21. The number of halogens is 1. The average molecular weight is 394 g/mol. The van der Waals surface area contributed by atoms with Crippen LogP contribution in [-0.2, 0) is 6.42 Å². The topological polar surface area (TPSA) is 86.6 Å². The number of anilines is 1. The van der Waals surface area contributed by atoms with Crippen molar-refractivity contribution >= 4 is 29.2 Å². The van der Waals surface area contributed by atoms with Crippen molar-refractivity contribution in [3.8, 4) is 17.0 Å². The molecule has 0 radical (unpaired) electrons. The highest BCUT2D eigenvalue weighted by atomic mass is 19.1. The van der Waals surface area contributed by atoms with Crippen LogP contribution in [0.5, 0.6) is 5.75 Å². The van der Waals surface area contributed by atoms with Gasteiger partial charge in [0.15, 0.2) is 5.82 Å². The fraction of sp³-hybridized carbons (Fsp3) is 0.227. The number of rotatable bonds is 6. The lowest BCUT2D eigenvalue weighted by Gasteiger charge is -2.18. The Balaban J connectivity index is 2.20. The number of phenolic OH excluding ortho intramolecular Hbond substituents is 1. The largest absolute Gasteiger partial charge is 0.508 e. The van der Waals surface area contributed by atoms with E-state index in [4.69, 9.17) is 0 Å². The molecular formula is C22H23FN4O2. The lowest BCUT2D eigenvalue weighted by atomic mass is 9.98. The molecule has 1 atom stereocenters. The Hall–Kier alpha value is -3.32. The van der Waals surface area contributed by atoms with Crippen LogP contribution in [0.15, 0.2) is 47.6 Å². The van der Waals surface area contributed by atoms with Gasteiger partial charge in [0, 0.05) is 17.8 Å². The van der Waals surface area contributed by atoms with Crippen LogP contribution in [0, 0.1) is 5.82 Å². The predicted octanol–water partition coefficient (Wildman–Crippen LogP) is 4.52. The van der Waals surface area contributed by atoms with E-state index < -0.39 is 11.8 Å². The molecular weight excluding hydrogens is 371 g/mol. The summed E-state index contributed by atoms with van der Waals surface area (Å²) in [6.07, 6.45) is 2.85. The second kappa shape index (κ2) is 8.79. The Morgan fingerprint density at radius 3 is 2.79 bits per heavy atom. The number of hydrogen-bond acceptors (Lipinski definition) is 4. The standard InChI is InChI=1S/C22H23FN4O2/c1-4-15(24-2)9-14-12-26-21(19(23)20(14)27-22(29)25-3)18-11-16(28)10-13-7-5-6-8-17(13)18/h5-8,10-12,15,24,28H,3-4,9H2,1-2H3,(H,26,27,29). The SMILES string of the molecule is C=NC(=O)Nc1c(CC(CC)NC)cnc(-c2cc(O)cc3ccccc23)c1F. The molecule has 7 heteroatoms. The van der Waals surface area contributed by atoms with Crippen molar-refractivity contribution in [2.45, 2.75) is 25.8 Å². The zero-order valence-electron chi connectivity index (χ0n) is 16.4. The molecule has 29 heavy (non-hydrogen) atoms. The summed E-state index contributed by atoms with van der Waals surface area (Å²) in [5.41, 5.74) is 1.05. The average Bonchev–Trinajstić information content (AvgIpc) is 2.73. The van der Waals surface area contributed by atoms with Gasteiger partial charge in [0.25, 0.3) is 0 Å². The summed E-state index contributed by atoms with van der Waals surface area (Å²) < 4.78 is 15.6. The first-order chi connectivity index (χ1) is 14.0. The Morgan fingerprint density at radius 1 is 1.34 bits per heavy atom. The molecule has 2 amide bonds. The number of benzene rings is 2. The number of aliphatic imine (C=N–C) groups is 1. The first kappa shape index (κ1) is 20.4. The number of phenols is 1. The van der Waals surface area contributed by atoms with E-state index >= 15 is 4.39 Å². The van der Waals surface area contributed by atoms with E-state index in [1.807, 2.05) is 38.2 Å². The van der Waals surface area contributed by atoms with E-state index in [1.54, 1.807) is 12.3 Å². The number of nitrogens with zero attached hydrogens (tertiary/aromatic N) is 2. The number of nitrogens with one attached hydrogen (secondary N) is 2. The van der Waals surface area contributed by atoms with Gasteiger partial charge < -0.3 is 15.7 Å². The van der Waals surface area contributed by atoms with Gasteiger partial charge in [-0.3, -0.25) is 4.98 Å². The lowest BCUT2D eigenvalue weighted by Crippen LogP contribution is -2.27. The van der Waals surface area contributed by atoms with Crippen LogP contribution in [0.1, 0.15) is 18.9 Å². The normalized spacial score (nSPS) is 12.0. The molecule has 150 valence electrons. The fourth-order valence-corrected chi connectivity index (χ4v) is 3.35. The lowest BCUT2D eigenvalue weighted by molar-refractivity contribution is 0.259. The number of amides is 2. The van der Waals surface area contributed by atoms with Gasteiger partial charge >= 0.3 is 6.03 Å². The minimum Gasteiger partial charge on any atom is -0.508 e. The van der Waals surface area contributed by atoms with Crippen LogP contribution in [0.25, 0.3) is 22.0 Å². The van der Waals surface area contributed by atoms with E-state index in [1.165, 1.54) is 6.07 Å². The summed E-state index contributed by atoms with van der Waals surface area (Å²) in [6, 6.07) is 9.74. The monoisotopic (exact) mass is 394 g/mol. The summed E-state index contributed by atoms with van der Waals surface area (Å²) >= 11 is 0. The number of aromatic hydroxyl groups is 1. The number of aromatic nitrogens is 1. The van der Waals surface area contributed by atoms with Gasteiger partial charge in [0.05, 0.1) is 5.69 Å². The molecule has 1 unspecified atom stereocenters. The Kier molecular flexibility index (Phi) is 6.19. The highest BCUT2D eigenvalue weighted by molar-refractivity contribution is 5.99. The maximum absolute atomic E-state index is 15.6. The van der Waals surface area contributed by atoms with Gasteiger partial charge in [-0.1, -0.05) is 31.2 Å². The van der Waals surface area contributed by atoms with Crippen LogP contribution in [0.2, 0.25) is 0 Å². The van der Waals surface area contributed by atoms with Gasteiger partial charge in [0.2, 0.25) is 0 Å². The third kappa shape index (κ3) is 4.25. The number of urea groups is 1. The van der Waals surface area contributed by atoms with Crippen molar-refractivity contribution in [2.75, 3.05) is 12.4 Å². The zero-order valence-corrected chi connectivity index (χ0v) is 16.4. The second-order valence-corrected chi connectivity index (χ2v) is 6.72. The molecule has 3 rings (SSSR count). The van der Waals surface area contributed by atoms with Crippen LogP contribution < -0.4 is 10.6 Å². The number of carbonyl (C=O) groups excluding carboxylic acids is 1. The van der Waals surface area contributed by atoms with Crippen molar-refractivity contribution in [1.82, 2.24) is 10.3 Å². The van der Waals surface area contributed by atoms with Gasteiger partial charge in [-0.25, -0.2) is 14.2 Å². The van der Waals surface area contributed by atoms with Gasteiger partial charge in [-0.05, 0) is 55.1 Å². The minimum absolute atomic E-state index is 0.00329. The molecule has 3 aromatic rings. The number of hydrogen-bond donors (Lipinski definition) is 3. The maximum Gasteiger partial charge on any atom is 0.344 e. The molecule has 3 N–H and O–H groups in total. The van der Waals surface area contributed by atoms with Gasteiger partial charge in [-0.15, -0.1) is 0 Å². The van der Waals surface area contributed by atoms with Gasteiger partial charge in [0.1, 0.15) is 11.4 Å². The van der Waals surface area contributed by atoms with Crippen molar-refractivity contribution in [2.24, 2.45) is 4.99 Å². The molecule has 0 bridgehead atoms. The van der Waals surface area contributed by atoms with Gasteiger partial charge in [-0.2, -0.15) is 0 Å². The molecule has 1 aromatic heterocycles. The first-order valence-electron chi connectivity index (χ1n) is 9.32. The minimum atomic E-state index is -0.749. The van der Waals surface area contributed by atoms with E-state index in [-0.39, 0.29) is 23.2 Å². The summed E-state index contributed by atoms with van der Waals surface area (Å²) in [5, 5.41) is 17.2. The molecule has 0 aliphatic heterocycles. The number of fused-ring (bicyclic) bond motifs is 1. The van der Waals surface area contributed by atoms with Crippen molar-refractivity contribution in [1.29, 1.82) is 0 Å². The smallest absolute Gasteiger partial charge is 0.344 e. The third-order valence-corrected chi connectivity index (χ3v) is 4.94. The zero-order chi connectivity index (χ0) is 21.0. The van der Waals surface area contributed by atoms with E-state index in [2.05, 4.69) is 27.3 Å². The highest BCUT2D eigenvalue weighted by Crippen LogP contribution is 2.36. The Bertz CT molecular complexity index is 1060. The molecule has 0 aliphatic rings. The second-order valence-electron chi connectivity index (χ2n) is 6.72.